The monoisotopic (exact) mass is 410 g/mol. The Balaban J connectivity index is 1.76. The summed E-state index contributed by atoms with van der Waals surface area (Å²) in [6.45, 7) is 6.29. The third-order valence-electron chi connectivity index (χ3n) is 5.04. The Morgan fingerprint density at radius 3 is 2.70 bits per heavy atom. The van der Waals surface area contributed by atoms with Gasteiger partial charge in [-0.15, -0.1) is 0 Å². The fraction of sp³-hybridized carbons (Fsp3) is 0.364. The number of carbonyl (C=O) groups excluding carboxylic acids is 2. The van der Waals surface area contributed by atoms with Crippen LogP contribution >= 0.6 is 0 Å². The van der Waals surface area contributed by atoms with Crippen LogP contribution in [0.15, 0.2) is 36.4 Å². The molecular weight excluding hydrogens is 384 g/mol. The van der Waals surface area contributed by atoms with Crippen molar-refractivity contribution in [1.29, 1.82) is 0 Å². The lowest BCUT2D eigenvalue weighted by molar-refractivity contribution is -0.385. The maximum absolute atomic E-state index is 12.6. The number of nitrogens with zero attached hydrogens (tertiary/aromatic N) is 2. The van der Waals surface area contributed by atoms with Crippen LogP contribution in [0.5, 0.6) is 0 Å². The van der Waals surface area contributed by atoms with Crippen LogP contribution in [0.3, 0.4) is 0 Å². The molecule has 0 aliphatic carbocycles. The molecule has 0 spiro atoms. The molecule has 0 atom stereocenters. The summed E-state index contributed by atoms with van der Waals surface area (Å²) in [6.07, 6.45) is 1.61. The van der Waals surface area contributed by atoms with Gasteiger partial charge in [-0.25, -0.2) is 0 Å². The minimum absolute atomic E-state index is 0.0306. The number of benzene rings is 2. The van der Waals surface area contributed by atoms with Gasteiger partial charge >= 0.3 is 0 Å². The van der Waals surface area contributed by atoms with Gasteiger partial charge < -0.3 is 15.5 Å². The lowest BCUT2D eigenvalue weighted by atomic mass is 9.95. The zero-order valence-electron chi connectivity index (χ0n) is 17.4. The fourth-order valence-electron chi connectivity index (χ4n) is 3.68. The highest BCUT2D eigenvalue weighted by Gasteiger charge is 2.24. The summed E-state index contributed by atoms with van der Waals surface area (Å²) < 4.78 is 0. The Morgan fingerprint density at radius 2 is 2.00 bits per heavy atom. The van der Waals surface area contributed by atoms with Crippen LogP contribution in [0.2, 0.25) is 0 Å². The number of nitro groups is 1. The molecule has 0 saturated carbocycles. The number of carbonyl (C=O) groups is 2. The maximum atomic E-state index is 12.6. The normalized spacial score (nSPS) is 13.0. The van der Waals surface area contributed by atoms with Crippen molar-refractivity contribution in [2.75, 3.05) is 23.3 Å². The van der Waals surface area contributed by atoms with Crippen LogP contribution in [0, 0.1) is 17.0 Å². The zero-order valence-corrected chi connectivity index (χ0v) is 17.4. The van der Waals surface area contributed by atoms with Crippen molar-refractivity contribution in [2.45, 2.75) is 39.7 Å². The van der Waals surface area contributed by atoms with Gasteiger partial charge in [0.15, 0.2) is 0 Å². The van der Waals surface area contributed by atoms with E-state index in [9.17, 15) is 19.7 Å². The van der Waals surface area contributed by atoms with Crippen LogP contribution in [-0.4, -0.2) is 35.9 Å². The third-order valence-corrected chi connectivity index (χ3v) is 5.04. The number of nitrogens with one attached hydrogen (secondary N) is 2. The average molecular weight is 410 g/mol. The van der Waals surface area contributed by atoms with Crippen molar-refractivity contribution in [2.24, 2.45) is 0 Å². The summed E-state index contributed by atoms with van der Waals surface area (Å²) in [7, 11) is 0. The Hall–Kier alpha value is -3.42. The van der Waals surface area contributed by atoms with Crippen molar-refractivity contribution in [3.63, 3.8) is 0 Å². The molecule has 30 heavy (non-hydrogen) atoms. The molecule has 1 heterocycles. The number of rotatable bonds is 6. The molecular formula is C22H26N4O4. The van der Waals surface area contributed by atoms with Crippen LogP contribution < -0.4 is 15.5 Å². The van der Waals surface area contributed by atoms with E-state index in [-0.39, 0.29) is 30.1 Å². The molecule has 2 amide bonds. The summed E-state index contributed by atoms with van der Waals surface area (Å²) in [4.78, 5) is 37.8. The first-order valence-electron chi connectivity index (χ1n) is 9.99. The first-order valence-corrected chi connectivity index (χ1v) is 9.99. The van der Waals surface area contributed by atoms with Gasteiger partial charge in [0, 0.05) is 41.2 Å². The molecule has 3 rings (SSSR count). The molecule has 0 bridgehead atoms. The van der Waals surface area contributed by atoms with Gasteiger partial charge in [0.05, 0.1) is 11.5 Å². The van der Waals surface area contributed by atoms with Gasteiger partial charge in [-0.05, 0) is 57.4 Å². The molecule has 8 nitrogen and oxygen atoms in total. The van der Waals surface area contributed by atoms with Gasteiger partial charge in [-0.1, -0.05) is 12.1 Å². The summed E-state index contributed by atoms with van der Waals surface area (Å²) in [5.74, 6) is -0.377. The smallest absolute Gasteiger partial charge is 0.274 e. The lowest BCUT2D eigenvalue weighted by Crippen LogP contribution is -2.38. The van der Waals surface area contributed by atoms with E-state index in [1.807, 2.05) is 36.9 Å². The van der Waals surface area contributed by atoms with Crippen molar-refractivity contribution in [1.82, 2.24) is 5.32 Å². The fourth-order valence-corrected chi connectivity index (χ4v) is 3.68. The van der Waals surface area contributed by atoms with Crippen LogP contribution in [-0.2, 0) is 11.2 Å². The molecule has 2 aromatic carbocycles. The molecule has 158 valence electrons. The SMILES string of the molecule is Cc1ccc(NC(=O)CN2CCCc3c(C(=O)NC(C)C)cccc32)cc1[N+](=O)[O-]. The first-order chi connectivity index (χ1) is 14.3. The molecule has 2 aromatic rings. The lowest BCUT2D eigenvalue weighted by Gasteiger charge is -2.32. The van der Waals surface area contributed by atoms with Gasteiger partial charge in [0.2, 0.25) is 5.91 Å². The van der Waals surface area contributed by atoms with E-state index < -0.39 is 4.92 Å². The summed E-state index contributed by atoms with van der Waals surface area (Å²) >= 11 is 0. The highest BCUT2D eigenvalue weighted by Crippen LogP contribution is 2.30. The molecule has 0 fully saturated rings. The second-order valence-corrected chi connectivity index (χ2v) is 7.76. The van der Waals surface area contributed by atoms with E-state index in [1.165, 1.54) is 6.07 Å². The molecule has 8 heteroatoms. The maximum Gasteiger partial charge on any atom is 0.274 e. The van der Waals surface area contributed by atoms with Crippen LogP contribution in [0.25, 0.3) is 0 Å². The standard InChI is InChI=1S/C22H26N4O4/c1-14(2)23-22(28)18-6-4-8-19-17(18)7-5-11-25(19)13-21(27)24-16-10-9-15(3)20(12-16)26(29)30/h4,6,8-10,12,14H,5,7,11,13H2,1-3H3,(H,23,28)(H,24,27). The van der Waals surface area contributed by atoms with E-state index in [1.54, 1.807) is 19.1 Å². The van der Waals surface area contributed by atoms with Crippen molar-refractivity contribution in [3.8, 4) is 0 Å². The minimum Gasteiger partial charge on any atom is -0.362 e. The van der Waals surface area contributed by atoms with Crippen molar-refractivity contribution >= 4 is 28.9 Å². The molecule has 0 unspecified atom stereocenters. The molecule has 2 N–H and O–H groups in total. The highest BCUT2D eigenvalue weighted by molar-refractivity contribution is 5.98. The van der Waals surface area contributed by atoms with Gasteiger partial charge in [-0.3, -0.25) is 19.7 Å². The predicted molar refractivity (Wildman–Crippen MR) is 116 cm³/mol. The van der Waals surface area contributed by atoms with E-state index in [2.05, 4.69) is 10.6 Å². The van der Waals surface area contributed by atoms with Crippen LogP contribution in [0.1, 0.15) is 41.8 Å². The molecule has 0 radical (unpaired) electrons. The molecule has 1 aliphatic heterocycles. The van der Waals surface area contributed by atoms with E-state index in [0.717, 1.165) is 24.1 Å². The first kappa shape index (κ1) is 21.3. The van der Waals surface area contributed by atoms with E-state index in [0.29, 0.717) is 23.4 Å². The molecule has 0 aromatic heterocycles. The number of aryl methyl sites for hydroxylation is 1. The third kappa shape index (κ3) is 4.76. The number of hydrogen-bond donors (Lipinski definition) is 2. The van der Waals surface area contributed by atoms with Crippen molar-refractivity contribution < 1.29 is 14.5 Å². The van der Waals surface area contributed by atoms with Gasteiger partial charge in [0.25, 0.3) is 11.6 Å². The quantitative estimate of drug-likeness (QED) is 0.561. The predicted octanol–water partition coefficient (Wildman–Crippen LogP) is 3.43. The van der Waals surface area contributed by atoms with Crippen LogP contribution in [0.4, 0.5) is 17.1 Å². The number of anilines is 2. The van der Waals surface area contributed by atoms with Crippen molar-refractivity contribution in [3.05, 3.63) is 63.2 Å². The largest absolute Gasteiger partial charge is 0.362 e. The summed E-state index contributed by atoms with van der Waals surface area (Å²) in [5, 5.41) is 16.8. The average Bonchev–Trinajstić information content (AvgIpc) is 2.68. The molecule has 0 saturated heterocycles. The second-order valence-electron chi connectivity index (χ2n) is 7.76. The highest BCUT2D eigenvalue weighted by atomic mass is 16.6. The Kier molecular flexibility index (Phi) is 6.34. The Morgan fingerprint density at radius 1 is 1.23 bits per heavy atom. The number of hydrogen-bond acceptors (Lipinski definition) is 5. The summed E-state index contributed by atoms with van der Waals surface area (Å²) in [5.41, 5.74) is 3.36. The minimum atomic E-state index is -0.463. The number of amides is 2. The number of nitro benzene ring substituents is 1. The van der Waals surface area contributed by atoms with Gasteiger partial charge in [0.1, 0.15) is 0 Å². The Labute approximate surface area is 175 Å². The topological polar surface area (TPSA) is 105 Å². The zero-order chi connectivity index (χ0) is 21.8. The summed E-state index contributed by atoms with van der Waals surface area (Å²) in [6, 6.07) is 10.2. The van der Waals surface area contributed by atoms with E-state index >= 15 is 0 Å². The Bertz CT molecular complexity index is 987. The second kappa shape index (κ2) is 8.94. The molecule has 1 aliphatic rings. The number of fused-ring (bicyclic) bond motifs is 1. The van der Waals surface area contributed by atoms with E-state index in [4.69, 9.17) is 0 Å². The van der Waals surface area contributed by atoms with Gasteiger partial charge in [-0.2, -0.15) is 0 Å².